The molecule has 1 aliphatic rings. The summed E-state index contributed by atoms with van der Waals surface area (Å²) in [5.41, 5.74) is 7.15. The zero-order chi connectivity index (χ0) is 20.5. The Hall–Kier alpha value is -2.86. The smallest absolute Gasteiger partial charge is 0.237 e. The van der Waals surface area contributed by atoms with Crippen LogP contribution in [0.25, 0.3) is 0 Å². The van der Waals surface area contributed by atoms with Gasteiger partial charge in [-0.05, 0) is 49.2 Å². The number of ether oxygens (including phenoxy) is 1. The highest BCUT2D eigenvalue weighted by Crippen LogP contribution is 2.21. The number of rotatable bonds is 9. The number of nitrogens with zero attached hydrogens (tertiary/aromatic N) is 1. The van der Waals surface area contributed by atoms with Gasteiger partial charge in [-0.1, -0.05) is 48.9 Å². The maximum absolute atomic E-state index is 12.6. The van der Waals surface area contributed by atoms with Crippen molar-refractivity contribution in [2.24, 2.45) is 5.73 Å². The van der Waals surface area contributed by atoms with E-state index in [1.54, 1.807) is 24.3 Å². The molecule has 1 fully saturated rings. The molecule has 2 amide bonds. The lowest BCUT2D eigenvalue weighted by atomic mass is 9.97. The monoisotopic (exact) mass is 395 g/mol. The third-order valence-corrected chi connectivity index (χ3v) is 5.18. The van der Waals surface area contributed by atoms with Crippen molar-refractivity contribution < 1.29 is 14.3 Å². The molecule has 0 spiro atoms. The van der Waals surface area contributed by atoms with E-state index in [2.05, 4.69) is 10.2 Å². The zero-order valence-corrected chi connectivity index (χ0v) is 16.7. The SMILES string of the molecule is NC(=O)C(C(=O)NCCN1CCCCC1)c1ccc(OCc2ccccc2)cc1. The molecule has 6 nitrogen and oxygen atoms in total. The molecule has 1 unspecified atom stereocenters. The lowest BCUT2D eigenvalue weighted by molar-refractivity contribution is -0.130. The van der Waals surface area contributed by atoms with Gasteiger partial charge in [-0.25, -0.2) is 0 Å². The molecule has 29 heavy (non-hydrogen) atoms. The first-order valence-electron chi connectivity index (χ1n) is 10.2. The van der Waals surface area contributed by atoms with Gasteiger partial charge in [0.25, 0.3) is 0 Å². The lowest BCUT2D eigenvalue weighted by Crippen LogP contribution is -2.41. The standard InChI is InChI=1S/C23H29N3O3/c24-22(27)21(23(28)25-13-16-26-14-5-2-6-15-26)19-9-11-20(12-10-19)29-17-18-7-3-1-4-8-18/h1,3-4,7-12,21H,2,5-6,13-17H2,(H2,24,27)(H,25,28). The number of piperidine rings is 1. The summed E-state index contributed by atoms with van der Waals surface area (Å²) in [4.78, 5) is 26.8. The minimum Gasteiger partial charge on any atom is -0.489 e. The van der Waals surface area contributed by atoms with Gasteiger partial charge in [0.15, 0.2) is 0 Å². The fraction of sp³-hybridized carbons (Fsp3) is 0.391. The second kappa shape index (κ2) is 10.6. The summed E-state index contributed by atoms with van der Waals surface area (Å²) in [5.74, 6) is -1.34. The van der Waals surface area contributed by atoms with Gasteiger partial charge in [-0.2, -0.15) is 0 Å². The minimum atomic E-state index is -1.00. The number of carbonyl (C=O) groups is 2. The quantitative estimate of drug-likeness (QED) is 0.639. The summed E-state index contributed by atoms with van der Waals surface area (Å²) >= 11 is 0. The van der Waals surface area contributed by atoms with Crippen LogP contribution in [0, 0.1) is 0 Å². The number of hydrogen-bond acceptors (Lipinski definition) is 4. The third kappa shape index (κ3) is 6.32. The molecule has 0 aliphatic carbocycles. The topological polar surface area (TPSA) is 84.7 Å². The lowest BCUT2D eigenvalue weighted by Gasteiger charge is -2.26. The number of likely N-dealkylation sites (tertiary alicyclic amines) is 1. The minimum absolute atomic E-state index is 0.354. The molecule has 0 bridgehead atoms. The molecule has 0 saturated carbocycles. The van der Waals surface area contributed by atoms with Gasteiger partial charge in [-0.3, -0.25) is 9.59 Å². The van der Waals surface area contributed by atoms with Gasteiger partial charge in [0.05, 0.1) is 0 Å². The Bertz CT molecular complexity index is 787. The van der Waals surface area contributed by atoms with Crippen LogP contribution in [0.3, 0.4) is 0 Å². The molecule has 1 aliphatic heterocycles. The van der Waals surface area contributed by atoms with Gasteiger partial charge in [0.1, 0.15) is 18.3 Å². The van der Waals surface area contributed by atoms with E-state index in [4.69, 9.17) is 10.5 Å². The van der Waals surface area contributed by atoms with Gasteiger partial charge in [0, 0.05) is 13.1 Å². The zero-order valence-electron chi connectivity index (χ0n) is 16.7. The van der Waals surface area contributed by atoms with Crippen LogP contribution in [-0.2, 0) is 16.2 Å². The summed E-state index contributed by atoms with van der Waals surface area (Å²) in [5, 5.41) is 2.86. The Labute approximate surface area is 172 Å². The van der Waals surface area contributed by atoms with E-state index in [0.717, 1.165) is 25.2 Å². The van der Waals surface area contributed by atoms with Crippen LogP contribution in [0.15, 0.2) is 54.6 Å². The van der Waals surface area contributed by atoms with Crippen molar-refractivity contribution >= 4 is 11.8 Å². The Kier molecular flexibility index (Phi) is 7.64. The Balaban J connectivity index is 1.53. The van der Waals surface area contributed by atoms with Crippen LogP contribution in [0.1, 0.15) is 36.3 Å². The molecular weight excluding hydrogens is 366 g/mol. The van der Waals surface area contributed by atoms with Crippen LogP contribution in [0.5, 0.6) is 5.75 Å². The number of benzene rings is 2. The van der Waals surface area contributed by atoms with Crippen molar-refractivity contribution in [3.05, 3.63) is 65.7 Å². The summed E-state index contributed by atoms with van der Waals surface area (Å²) in [6, 6.07) is 16.8. The molecule has 1 heterocycles. The first kappa shape index (κ1) is 20.9. The number of nitrogens with two attached hydrogens (primary N) is 1. The van der Waals surface area contributed by atoms with Gasteiger partial charge >= 0.3 is 0 Å². The Morgan fingerprint density at radius 2 is 1.69 bits per heavy atom. The first-order chi connectivity index (χ1) is 14.1. The van der Waals surface area contributed by atoms with E-state index in [9.17, 15) is 9.59 Å². The molecule has 3 N–H and O–H groups in total. The van der Waals surface area contributed by atoms with Gasteiger partial charge in [-0.15, -0.1) is 0 Å². The van der Waals surface area contributed by atoms with Crippen LogP contribution in [0.2, 0.25) is 0 Å². The molecule has 2 aromatic carbocycles. The highest BCUT2D eigenvalue weighted by Gasteiger charge is 2.26. The molecule has 0 radical (unpaired) electrons. The highest BCUT2D eigenvalue weighted by molar-refractivity contribution is 6.05. The highest BCUT2D eigenvalue weighted by atomic mass is 16.5. The molecule has 1 saturated heterocycles. The van der Waals surface area contributed by atoms with E-state index in [1.165, 1.54) is 19.3 Å². The Morgan fingerprint density at radius 1 is 1.00 bits per heavy atom. The molecule has 6 heteroatoms. The number of primary amides is 1. The van der Waals surface area contributed by atoms with Crippen molar-refractivity contribution in [2.75, 3.05) is 26.2 Å². The average molecular weight is 396 g/mol. The van der Waals surface area contributed by atoms with Crippen molar-refractivity contribution in [1.29, 1.82) is 0 Å². The fourth-order valence-corrected chi connectivity index (χ4v) is 3.56. The van der Waals surface area contributed by atoms with E-state index in [1.807, 2.05) is 30.3 Å². The van der Waals surface area contributed by atoms with Crippen LogP contribution in [0.4, 0.5) is 0 Å². The molecule has 0 aromatic heterocycles. The molecule has 154 valence electrons. The molecule has 1 atom stereocenters. The Morgan fingerprint density at radius 3 is 2.34 bits per heavy atom. The third-order valence-electron chi connectivity index (χ3n) is 5.18. The van der Waals surface area contributed by atoms with Crippen LogP contribution >= 0.6 is 0 Å². The summed E-state index contributed by atoms with van der Waals surface area (Å²) in [7, 11) is 0. The fourth-order valence-electron chi connectivity index (χ4n) is 3.56. The number of nitrogens with one attached hydrogen (secondary N) is 1. The molecule has 2 aromatic rings. The first-order valence-corrected chi connectivity index (χ1v) is 10.2. The molecular formula is C23H29N3O3. The van der Waals surface area contributed by atoms with E-state index < -0.39 is 11.8 Å². The van der Waals surface area contributed by atoms with E-state index in [0.29, 0.717) is 24.5 Å². The van der Waals surface area contributed by atoms with Crippen molar-refractivity contribution in [3.63, 3.8) is 0 Å². The maximum atomic E-state index is 12.6. The number of hydrogen-bond donors (Lipinski definition) is 2. The normalized spacial score (nSPS) is 15.4. The van der Waals surface area contributed by atoms with Crippen LogP contribution in [-0.4, -0.2) is 42.9 Å². The van der Waals surface area contributed by atoms with Gasteiger partial charge in [0.2, 0.25) is 11.8 Å². The largest absolute Gasteiger partial charge is 0.489 e. The van der Waals surface area contributed by atoms with Crippen molar-refractivity contribution in [2.45, 2.75) is 31.8 Å². The van der Waals surface area contributed by atoms with Crippen molar-refractivity contribution in [1.82, 2.24) is 10.2 Å². The van der Waals surface area contributed by atoms with E-state index >= 15 is 0 Å². The maximum Gasteiger partial charge on any atom is 0.237 e. The predicted molar refractivity (Wildman–Crippen MR) is 112 cm³/mol. The number of carbonyl (C=O) groups excluding carboxylic acids is 2. The predicted octanol–water partition coefficient (Wildman–Crippen LogP) is 2.44. The van der Waals surface area contributed by atoms with E-state index in [-0.39, 0.29) is 5.91 Å². The summed E-state index contributed by atoms with van der Waals surface area (Å²) in [6.45, 7) is 3.90. The van der Waals surface area contributed by atoms with Crippen LogP contribution < -0.4 is 15.8 Å². The second-order valence-electron chi connectivity index (χ2n) is 7.37. The van der Waals surface area contributed by atoms with Crippen molar-refractivity contribution in [3.8, 4) is 5.75 Å². The number of amides is 2. The molecule has 3 rings (SSSR count). The second-order valence-corrected chi connectivity index (χ2v) is 7.37. The summed E-state index contributed by atoms with van der Waals surface area (Å²) in [6.07, 6.45) is 3.69. The van der Waals surface area contributed by atoms with Gasteiger partial charge < -0.3 is 20.7 Å². The average Bonchev–Trinajstić information content (AvgIpc) is 2.74. The summed E-state index contributed by atoms with van der Waals surface area (Å²) < 4.78 is 5.76.